The maximum absolute atomic E-state index is 2.33. The summed E-state index contributed by atoms with van der Waals surface area (Å²) in [6, 6.07) is 10.7. The molecular formula is C13H18N2. The van der Waals surface area contributed by atoms with Gasteiger partial charge < -0.3 is 9.47 Å². The Morgan fingerprint density at radius 2 is 1.93 bits per heavy atom. The van der Waals surface area contributed by atoms with Crippen molar-refractivity contribution in [2.24, 2.45) is 0 Å². The Labute approximate surface area is 91.1 Å². The van der Waals surface area contributed by atoms with Crippen LogP contribution in [0.25, 0.3) is 10.9 Å². The first-order valence-corrected chi connectivity index (χ1v) is 5.46. The molecule has 0 bridgehead atoms. The highest BCUT2D eigenvalue weighted by Gasteiger charge is 1.99. The van der Waals surface area contributed by atoms with Crippen LogP contribution in [-0.4, -0.2) is 30.1 Å². The van der Waals surface area contributed by atoms with Crippen molar-refractivity contribution in [3.63, 3.8) is 0 Å². The van der Waals surface area contributed by atoms with Gasteiger partial charge in [-0.1, -0.05) is 18.2 Å². The molecule has 0 saturated carbocycles. The van der Waals surface area contributed by atoms with Crippen LogP contribution < -0.4 is 0 Å². The maximum atomic E-state index is 2.33. The standard InChI is InChI=1S/C13H18N2/c1-14(2)9-5-10-15-11-8-12-6-3-4-7-13(12)15/h3-4,6-8,11H,5,9-10H2,1-2H3. The number of rotatable bonds is 4. The van der Waals surface area contributed by atoms with Crippen LogP contribution in [0.2, 0.25) is 0 Å². The Morgan fingerprint density at radius 1 is 1.13 bits per heavy atom. The van der Waals surface area contributed by atoms with Crippen LogP contribution in [0.1, 0.15) is 6.42 Å². The number of para-hydroxylation sites is 1. The van der Waals surface area contributed by atoms with Crippen LogP contribution in [0.15, 0.2) is 36.5 Å². The molecule has 0 aliphatic carbocycles. The van der Waals surface area contributed by atoms with Crippen molar-refractivity contribution in [3.05, 3.63) is 36.5 Å². The molecule has 2 nitrogen and oxygen atoms in total. The summed E-state index contributed by atoms with van der Waals surface area (Å²) in [4.78, 5) is 2.23. The van der Waals surface area contributed by atoms with Crippen molar-refractivity contribution in [2.75, 3.05) is 20.6 Å². The summed E-state index contributed by atoms with van der Waals surface area (Å²) in [5.41, 5.74) is 1.34. The fourth-order valence-corrected chi connectivity index (χ4v) is 1.89. The third-order valence-electron chi connectivity index (χ3n) is 2.68. The predicted octanol–water partition coefficient (Wildman–Crippen LogP) is 2.59. The number of hydrogen-bond acceptors (Lipinski definition) is 1. The van der Waals surface area contributed by atoms with Crippen molar-refractivity contribution in [2.45, 2.75) is 13.0 Å². The molecule has 0 unspecified atom stereocenters. The minimum Gasteiger partial charge on any atom is -0.347 e. The number of hydrogen-bond donors (Lipinski definition) is 0. The van der Waals surface area contributed by atoms with Gasteiger partial charge in [-0.25, -0.2) is 0 Å². The molecule has 0 radical (unpaired) electrons. The van der Waals surface area contributed by atoms with E-state index in [1.165, 1.54) is 17.3 Å². The first-order valence-electron chi connectivity index (χ1n) is 5.46. The van der Waals surface area contributed by atoms with E-state index in [4.69, 9.17) is 0 Å². The van der Waals surface area contributed by atoms with Gasteiger partial charge in [0.25, 0.3) is 0 Å². The molecular weight excluding hydrogens is 184 g/mol. The van der Waals surface area contributed by atoms with Crippen LogP contribution in [0, 0.1) is 0 Å². The van der Waals surface area contributed by atoms with Gasteiger partial charge in [-0.2, -0.15) is 0 Å². The van der Waals surface area contributed by atoms with Crippen molar-refractivity contribution < 1.29 is 0 Å². The first kappa shape index (κ1) is 10.2. The quantitative estimate of drug-likeness (QED) is 0.740. The van der Waals surface area contributed by atoms with Crippen LogP contribution in [-0.2, 0) is 6.54 Å². The zero-order valence-electron chi connectivity index (χ0n) is 9.48. The van der Waals surface area contributed by atoms with Gasteiger partial charge in [-0.3, -0.25) is 0 Å². The van der Waals surface area contributed by atoms with Crippen molar-refractivity contribution in [3.8, 4) is 0 Å². The molecule has 1 aromatic heterocycles. The lowest BCUT2D eigenvalue weighted by Crippen LogP contribution is -2.14. The zero-order valence-corrected chi connectivity index (χ0v) is 9.48. The van der Waals surface area contributed by atoms with Gasteiger partial charge in [0.05, 0.1) is 0 Å². The molecule has 0 saturated heterocycles. The minimum absolute atomic E-state index is 1.10. The van der Waals surface area contributed by atoms with E-state index in [0.29, 0.717) is 0 Å². The summed E-state index contributed by atoms with van der Waals surface area (Å²) in [5.74, 6) is 0. The van der Waals surface area contributed by atoms with Crippen LogP contribution in [0.5, 0.6) is 0 Å². The average molecular weight is 202 g/mol. The summed E-state index contributed by atoms with van der Waals surface area (Å²) in [6.07, 6.45) is 3.38. The second-order valence-corrected chi connectivity index (χ2v) is 4.22. The zero-order chi connectivity index (χ0) is 10.7. The monoisotopic (exact) mass is 202 g/mol. The minimum atomic E-state index is 1.10. The normalized spacial score (nSPS) is 11.4. The van der Waals surface area contributed by atoms with E-state index in [1.54, 1.807) is 0 Å². The van der Waals surface area contributed by atoms with Crippen LogP contribution in [0.3, 0.4) is 0 Å². The first-order chi connectivity index (χ1) is 7.27. The maximum Gasteiger partial charge on any atom is 0.0480 e. The second kappa shape index (κ2) is 4.49. The van der Waals surface area contributed by atoms with Gasteiger partial charge in [-0.15, -0.1) is 0 Å². The average Bonchev–Trinajstić information content (AvgIpc) is 2.62. The highest BCUT2D eigenvalue weighted by atomic mass is 15.1. The van der Waals surface area contributed by atoms with Gasteiger partial charge in [0.15, 0.2) is 0 Å². The largest absolute Gasteiger partial charge is 0.347 e. The topological polar surface area (TPSA) is 8.17 Å². The number of nitrogens with zero attached hydrogens (tertiary/aromatic N) is 2. The molecule has 0 atom stereocenters. The fraction of sp³-hybridized carbons (Fsp3) is 0.385. The smallest absolute Gasteiger partial charge is 0.0480 e. The van der Waals surface area contributed by atoms with Gasteiger partial charge in [0.2, 0.25) is 0 Å². The highest BCUT2D eigenvalue weighted by Crippen LogP contribution is 2.15. The molecule has 0 N–H and O–H groups in total. The number of aromatic nitrogens is 1. The molecule has 0 amide bonds. The highest BCUT2D eigenvalue weighted by molar-refractivity contribution is 5.79. The molecule has 1 aromatic carbocycles. The van der Waals surface area contributed by atoms with Crippen molar-refractivity contribution in [1.82, 2.24) is 9.47 Å². The van der Waals surface area contributed by atoms with E-state index in [-0.39, 0.29) is 0 Å². The Balaban J connectivity index is 2.08. The predicted molar refractivity (Wildman–Crippen MR) is 65.1 cm³/mol. The summed E-state index contributed by atoms with van der Waals surface area (Å²) in [6.45, 7) is 2.25. The summed E-state index contributed by atoms with van der Waals surface area (Å²) in [5, 5.41) is 1.34. The molecule has 80 valence electrons. The Kier molecular flexibility index (Phi) is 3.07. The fourth-order valence-electron chi connectivity index (χ4n) is 1.89. The summed E-state index contributed by atoms with van der Waals surface area (Å²) >= 11 is 0. The lowest BCUT2D eigenvalue weighted by atomic mass is 10.2. The second-order valence-electron chi connectivity index (χ2n) is 4.22. The summed E-state index contributed by atoms with van der Waals surface area (Å²) in [7, 11) is 4.24. The molecule has 1 heterocycles. The van der Waals surface area contributed by atoms with Crippen molar-refractivity contribution in [1.29, 1.82) is 0 Å². The molecule has 2 aromatic rings. The number of benzene rings is 1. The SMILES string of the molecule is CN(C)CCCn1ccc2ccccc21. The third-order valence-corrected chi connectivity index (χ3v) is 2.68. The Bertz CT molecular complexity index is 429. The molecule has 0 aliphatic rings. The lowest BCUT2D eigenvalue weighted by molar-refractivity contribution is 0.388. The van der Waals surface area contributed by atoms with E-state index in [0.717, 1.165) is 13.1 Å². The van der Waals surface area contributed by atoms with Gasteiger partial charge in [0, 0.05) is 18.3 Å². The number of aryl methyl sites for hydroxylation is 1. The van der Waals surface area contributed by atoms with E-state index in [2.05, 4.69) is 60.1 Å². The van der Waals surface area contributed by atoms with E-state index in [9.17, 15) is 0 Å². The number of fused-ring (bicyclic) bond motifs is 1. The Hall–Kier alpha value is -1.28. The van der Waals surface area contributed by atoms with E-state index >= 15 is 0 Å². The molecule has 0 spiro atoms. The van der Waals surface area contributed by atoms with Gasteiger partial charge >= 0.3 is 0 Å². The van der Waals surface area contributed by atoms with Gasteiger partial charge in [0.1, 0.15) is 0 Å². The molecule has 0 aliphatic heterocycles. The molecule has 0 fully saturated rings. The molecule has 2 rings (SSSR count). The van der Waals surface area contributed by atoms with Crippen molar-refractivity contribution >= 4 is 10.9 Å². The lowest BCUT2D eigenvalue weighted by Gasteiger charge is -2.10. The van der Waals surface area contributed by atoms with Gasteiger partial charge in [-0.05, 0) is 44.6 Å². The Morgan fingerprint density at radius 3 is 2.73 bits per heavy atom. The van der Waals surface area contributed by atoms with E-state index in [1.807, 2.05) is 0 Å². The summed E-state index contributed by atoms with van der Waals surface area (Å²) < 4.78 is 2.33. The van der Waals surface area contributed by atoms with Crippen LogP contribution in [0.4, 0.5) is 0 Å². The van der Waals surface area contributed by atoms with E-state index < -0.39 is 0 Å². The molecule has 2 heteroatoms. The molecule has 15 heavy (non-hydrogen) atoms. The third kappa shape index (κ3) is 2.39. The van der Waals surface area contributed by atoms with Crippen LogP contribution >= 0.6 is 0 Å².